The second-order valence-corrected chi connectivity index (χ2v) is 5.61. The van der Waals surface area contributed by atoms with Crippen LogP contribution in [0.2, 0.25) is 0 Å². The van der Waals surface area contributed by atoms with E-state index in [0.717, 1.165) is 36.1 Å². The maximum absolute atomic E-state index is 12.3. The first-order chi connectivity index (χ1) is 11.2. The van der Waals surface area contributed by atoms with Crippen molar-refractivity contribution in [1.82, 2.24) is 24.9 Å². The van der Waals surface area contributed by atoms with Crippen molar-refractivity contribution in [1.29, 1.82) is 0 Å². The molecule has 0 saturated heterocycles. The van der Waals surface area contributed by atoms with Crippen molar-refractivity contribution in [3.05, 3.63) is 63.5 Å². The van der Waals surface area contributed by atoms with Crippen LogP contribution in [0, 0.1) is 0 Å². The summed E-state index contributed by atoms with van der Waals surface area (Å²) in [5, 5.41) is 6.94. The monoisotopic (exact) mass is 309 g/mol. The van der Waals surface area contributed by atoms with Gasteiger partial charge >= 0.3 is 0 Å². The molecule has 1 amide bonds. The maximum Gasteiger partial charge on any atom is 0.261 e. The van der Waals surface area contributed by atoms with Crippen LogP contribution in [0.4, 0.5) is 0 Å². The standard InChI is InChI=1S/C16H15N5O2/c22-15(12-7-10-3-1-4-13(10)20-16(12)23)18-8-11-9-19-21-6-2-5-17-14(11)21/h2,5-7,9H,1,3-4,8H2,(H,18,22)(H,20,23). The lowest BCUT2D eigenvalue weighted by atomic mass is 10.1. The number of carbonyl (C=O) groups excluding carboxylic acids is 1. The third kappa shape index (κ3) is 2.40. The van der Waals surface area contributed by atoms with E-state index < -0.39 is 0 Å². The minimum absolute atomic E-state index is 0.162. The number of nitrogens with one attached hydrogen (secondary N) is 2. The molecule has 2 N–H and O–H groups in total. The fourth-order valence-electron chi connectivity index (χ4n) is 2.95. The van der Waals surface area contributed by atoms with Gasteiger partial charge in [0, 0.05) is 30.2 Å². The van der Waals surface area contributed by atoms with Crippen LogP contribution >= 0.6 is 0 Å². The summed E-state index contributed by atoms with van der Waals surface area (Å²) in [7, 11) is 0. The Morgan fingerprint density at radius 3 is 3.22 bits per heavy atom. The summed E-state index contributed by atoms with van der Waals surface area (Å²) in [6.45, 7) is 0.274. The zero-order chi connectivity index (χ0) is 15.8. The van der Waals surface area contributed by atoms with Crippen molar-refractivity contribution in [3.63, 3.8) is 0 Å². The zero-order valence-corrected chi connectivity index (χ0v) is 12.4. The summed E-state index contributed by atoms with van der Waals surface area (Å²) in [5.74, 6) is -0.378. The van der Waals surface area contributed by atoms with Crippen LogP contribution in [0.25, 0.3) is 5.65 Å². The smallest absolute Gasteiger partial charge is 0.261 e. The van der Waals surface area contributed by atoms with Gasteiger partial charge < -0.3 is 10.3 Å². The van der Waals surface area contributed by atoms with E-state index >= 15 is 0 Å². The van der Waals surface area contributed by atoms with Gasteiger partial charge in [-0.25, -0.2) is 9.50 Å². The highest BCUT2D eigenvalue weighted by Crippen LogP contribution is 2.18. The van der Waals surface area contributed by atoms with Gasteiger partial charge in [0.25, 0.3) is 11.5 Å². The number of carbonyl (C=O) groups is 1. The van der Waals surface area contributed by atoms with Crippen LogP contribution in [-0.4, -0.2) is 25.5 Å². The minimum atomic E-state index is -0.378. The number of pyridine rings is 1. The molecule has 0 spiro atoms. The number of aryl methyl sites for hydroxylation is 2. The van der Waals surface area contributed by atoms with Gasteiger partial charge in [-0.3, -0.25) is 9.59 Å². The molecule has 0 atom stereocenters. The topological polar surface area (TPSA) is 92.2 Å². The lowest BCUT2D eigenvalue weighted by Crippen LogP contribution is -2.29. The number of H-pyrrole nitrogens is 1. The molecule has 7 nitrogen and oxygen atoms in total. The highest BCUT2D eigenvalue weighted by molar-refractivity contribution is 5.94. The van der Waals surface area contributed by atoms with Crippen LogP contribution in [0.5, 0.6) is 0 Å². The van der Waals surface area contributed by atoms with E-state index in [1.54, 1.807) is 35.2 Å². The Kier molecular flexibility index (Phi) is 3.18. The van der Waals surface area contributed by atoms with Gasteiger partial charge in [-0.1, -0.05) is 0 Å². The van der Waals surface area contributed by atoms with Gasteiger partial charge in [0.15, 0.2) is 5.65 Å². The lowest BCUT2D eigenvalue weighted by Gasteiger charge is -2.06. The van der Waals surface area contributed by atoms with Gasteiger partial charge in [0.1, 0.15) is 5.56 Å². The third-order valence-corrected chi connectivity index (χ3v) is 4.12. The largest absolute Gasteiger partial charge is 0.348 e. The number of rotatable bonds is 3. The van der Waals surface area contributed by atoms with E-state index in [1.807, 2.05) is 0 Å². The molecule has 4 rings (SSSR count). The Bertz CT molecular complexity index is 957. The number of nitrogens with zero attached hydrogens (tertiary/aromatic N) is 3. The van der Waals surface area contributed by atoms with E-state index in [-0.39, 0.29) is 23.6 Å². The highest BCUT2D eigenvalue weighted by Gasteiger charge is 2.18. The van der Waals surface area contributed by atoms with E-state index in [4.69, 9.17) is 0 Å². The van der Waals surface area contributed by atoms with E-state index in [0.29, 0.717) is 5.65 Å². The van der Waals surface area contributed by atoms with Crippen molar-refractivity contribution in [2.24, 2.45) is 0 Å². The molecule has 0 radical (unpaired) electrons. The minimum Gasteiger partial charge on any atom is -0.348 e. The number of aromatic amines is 1. The van der Waals surface area contributed by atoms with Gasteiger partial charge in [-0.05, 0) is 37.0 Å². The van der Waals surface area contributed by atoms with E-state index in [1.165, 1.54) is 0 Å². The van der Waals surface area contributed by atoms with Crippen LogP contribution < -0.4 is 10.9 Å². The molecule has 3 aromatic rings. The Morgan fingerprint density at radius 1 is 1.39 bits per heavy atom. The molecule has 1 aliphatic carbocycles. The zero-order valence-electron chi connectivity index (χ0n) is 12.4. The molecule has 3 aromatic heterocycles. The highest BCUT2D eigenvalue weighted by atomic mass is 16.2. The first-order valence-corrected chi connectivity index (χ1v) is 7.53. The molecule has 0 unspecified atom stereocenters. The first-order valence-electron chi connectivity index (χ1n) is 7.53. The van der Waals surface area contributed by atoms with E-state index in [2.05, 4.69) is 20.4 Å². The van der Waals surface area contributed by atoms with Gasteiger partial charge in [0.05, 0.1) is 6.20 Å². The second-order valence-electron chi connectivity index (χ2n) is 5.61. The molecule has 0 aromatic carbocycles. The number of amides is 1. The predicted molar refractivity (Wildman–Crippen MR) is 83.2 cm³/mol. The van der Waals surface area contributed by atoms with Crippen molar-refractivity contribution in [2.45, 2.75) is 25.8 Å². The molecule has 7 heteroatoms. The molecule has 23 heavy (non-hydrogen) atoms. The van der Waals surface area contributed by atoms with Crippen LogP contribution in [0.3, 0.4) is 0 Å². The quantitative estimate of drug-likeness (QED) is 0.750. The molecular weight excluding hydrogens is 294 g/mol. The summed E-state index contributed by atoms with van der Waals surface area (Å²) in [5.41, 5.74) is 3.34. The Labute approximate surface area is 131 Å². The van der Waals surface area contributed by atoms with Crippen LogP contribution in [-0.2, 0) is 19.4 Å². The summed E-state index contributed by atoms with van der Waals surface area (Å²) in [4.78, 5) is 31.4. The average molecular weight is 309 g/mol. The SMILES string of the molecule is O=C(NCc1cnn2cccnc12)c1cc2c([nH]c1=O)CCC2. The molecule has 0 fully saturated rings. The number of fused-ring (bicyclic) bond motifs is 2. The Hall–Kier alpha value is -2.96. The lowest BCUT2D eigenvalue weighted by molar-refractivity contribution is 0.0949. The summed E-state index contributed by atoms with van der Waals surface area (Å²) < 4.78 is 1.64. The molecule has 1 aliphatic rings. The fraction of sp³-hybridized carbons (Fsp3) is 0.250. The second kappa shape index (κ2) is 5.35. The molecule has 116 valence electrons. The number of hydrogen-bond donors (Lipinski definition) is 2. The Balaban J connectivity index is 1.56. The summed E-state index contributed by atoms with van der Waals surface area (Å²) in [6, 6.07) is 3.50. The maximum atomic E-state index is 12.3. The van der Waals surface area contributed by atoms with Gasteiger partial charge in [0.2, 0.25) is 0 Å². The molecule has 0 bridgehead atoms. The Morgan fingerprint density at radius 2 is 2.30 bits per heavy atom. The van der Waals surface area contributed by atoms with Crippen LogP contribution in [0.1, 0.15) is 33.6 Å². The third-order valence-electron chi connectivity index (χ3n) is 4.12. The first kappa shape index (κ1) is 13.7. The number of aromatic nitrogens is 4. The fourth-order valence-corrected chi connectivity index (χ4v) is 2.95. The van der Waals surface area contributed by atoms with Crippen molar-refractivity contribution >= 4 is 11.6 Å². The van der Waals surface area contributed by atoms with Crippen molar-refractivity contribution in [3.8, 4) is 0 Å². The van der Waals surface area contributed by atoms with E-state index in [9.17, 15) is 9.59 Å². The summed E-state index contributed by atoms with van der Waals surface area (Å²) in [6.07, 6.45) is 7.93. The summed E-state index contributed by atoms with van der Waals surface area (Å²) >= 11 is 0. The average Bonchev–Trinajstić information content (AvgIpc) is 3.18. The van der Waals surface area contributed by atoms with Crippen molar-refractivity contribution < 1.29 is 4.79 Å². The normalized spacial score (nSPS) is 13.2. The number of hydrogen-bond acceptors (Lipinski definition) is 4. The molecule has 0 aliphatic heterocycles. The molecule has 0 saturated carbocycles. The van der Waals surface area contributed by atoms with Gasteiger partial charge in [-0.2, -0.15) is 5.10 Å². The van der Waals surface area contributed by atoms with Crippen LogP contribution in [0.15, 0.2) is 35.5 Å². The molecular formula is C16H15N5O2. The molecule has 3 heterocycles. The van der Waals surface area contributed by atoms with Crippen molar-refractivity contribution in [2.75, 3.05) is 0 Å². The predicted octanol–water partition coefficient (Wildman–Crippen LogP) is 0.836. The van der Waals surface area contributed by atoms with Gasteiger partial charge in [-0.15, -0.1) is 0 Å².